The van der Waals surface area contributed by atoms with Gasteiger partial charge >= 0.3 is 6.03 Å². The Bertz CT molecular complexity index is 1060. The van der Waals surface area contributed by atoms with E-state index in [9.17, 15) is 14.4 Å². The molecule has 7 heteroatoms. The van der Waals surface area contributed by atoms with Crippen LogP contribution in [0, 0.1) is 0 Å². The highest BCUT2D eigenvalue weighted by atomic mass is 16.6. The zero-order chi connectivity index (χ0) is 22.2. The average Bonchev–Trinajstić information content (AvgIpc) is 3.02. The monoisotopic (exact) mass is 422 g/mol. The molecule has 2 aliphatic rings. The number of ether oxygens (including phenoxy) is 2. The SMILES string of the molecule is CCc1ccc(CC)c(C(=O)CN2C(=O)N[C@](C)(c3ccc4c(c3)OCCO4)C2=O)c1. The Hall–Kier alpha value is -3.35. The van der Waals surface area contributed by atoms with Gasteiger partial charge in [-0.1, -0.05) is 32.0 Å². The molecule has 2 aromatic rings. The molecule has 162 valence electrons. The smallest absolute Gasteiger partial charge is 0.325 e. The van der Waals surface area contributed by atoms with Crippen LogP contribution in [-0.2, 0) is 23.2 Å². The van der Waals surface area contributed by atoms with Crippen molar-refractivity contribution >= 4 is 17.7 Å². The maximum absolute atomic E-state index is 13.3. The molecule has 2 heterocycles. The van der Waals surface area contributed by atoms with E-state index in [1.165, 1.54) is 0 Å². The van der Waals surface area contributed by atoms with Gasteiger partial charge in [0.2, 0.25) is 0 Å². The molecular weight excluding hydrogens is 396 g/mol. The molecule has 0 aliphatic carbocycles. The van der Waals surface area contributed by atoms with E-state index in [4.69, 9.17) is 9.47 Å². The number of benzene rings is 2. The molecule has 0 spiro atoms. The highest BCUT2D eigenvalue weighted by Gasteiger charge is 2.49. The number of ketones is 1. The molecule has 4 rings (SSSR count). The Labute approximate surface area is 181 Å². The Morgan fingerprint density at radius 3 is 2.48 bits per heavy atom. The van der Waals surface area contributed by atoms with Crippen LogP contribution in [0.15, 0.2) is 36.4 Å². The molecule has 0 saturated carbocycles. The second-order valence-corrected chi connectivity index (χ2v) is 7.93. The predicted molar refractivity (Wildman–Crippen MR) is 115 cm³/mol. The zero-order valence-electron chi connectivity index (χ0n) is 18.0. The van der Waals surface area contributed by atoms with Gasteiger partial charge in [0.25, 0.3) is 5.91 Å². The number of rotatable bonds is 6. The molecule has 1 N–H and O–H groups in total. The molecular formula is C24H26N2O5. The largest absolute Gasteiger partial charge is 0.486 e. The first kappa shape index (κ1) is 20.9. The summed E-state index contributed by atoms with van der Waals surface area (Å²) >= 11 is 0. The number of hydrogen-bond donors (Lipinski definition) is 1. The van der Waals surface area contributed by atoms with Crippen molar-refractivity contribution in [3.8, 4) is 11.5 Å². The van der Waals surface area contributed by atoms with Gasteiger partial charge in [-0.05, 0) is 54.7 Å². The van der Waals surface area contributed by atoms with E-state index in [-0.39, 0.29) is 12.3 Å². The zero-order valence-corrected chi connectivity index (χ0v) is 18.0. The fourth-order valence-corrected chi connectivity index (χ4v) is 4.03. The van der Waals surface area contributed by atoms with E-state index >= 15 is 0 Å². The molecule has 1 atom stereocenters. The summed E-state index contributed by atoms with van der Waals surface area (Å²) in [4.78, 5) is 40.0. The highest BCUT2D eigenvalue weighted by Crippen LogP contribution is 2.37. The van der Waals surface area contributed by atoms with Crippen molar-refractivity contribution in [2.24, 2.45) is 0 Å². The first-order chi connectivity index (χ1) is 14.9. The first-order valence-corrected chi connectivity index (χ1v) is 10.6. The molecule has 7 nitrogen and oxygen atoms in total. The summed E-state index contributed by atoms with van der Waals surface area (Å²) in [5, 5.41) is 2.75. The summed E-state index contributed by atoms with van der Waals surface area (Å²) in [5.41, 5.74) is 1.80. The van der Waals surface area contributed by atoms with Gasteiger partial charge in [0.15, 0.2) is 17.3 Å². The predicted octanol–water partition coefficient (Wildman–Crippen LogP) is 3.23. The van der Waals surface area contributed by atoms with E-state index in [1.54, 1.807) is 25.1 Å². The quantitative estimate of drug-likeness (QED) is 0.571. The maximum atomic E-state index is 13.3. The molecule has 3 amide bonds. The number of hydrogen-bond acceptors (Lipinski definition) is 5. The van der Waals surface area contributed by atoms with Gasteiger partial charge in [-0.25, -0.2) is 4.79 Å². The van der Waals surface area contributed by atoms with E-state index in [0.29, 0.717) is 42.3 Å². The molecule has 0 aromatic heterocycles. The van der Waals surface area contributed by atoms with Crippen molar-refractivity contribution in [3.05, 3.63) is 58.7 Å². The number of carbonyl (C=O) groups is 3. The third-order valence-corrected chi connectivity index (χ3v) is 5.96. The lowest BCUT2D eigenvalue weighted by Crippen LogP contribution is -2.41. The third-order valence-electron chi connectivity index (χ3n) is 5.96. The number of carbonyl (C=O) groups excluding carboxylic acids is 3. The van der Waals surface area contributed by atoms with E-state index in [0.717, 1.165) is 22.4 Å². The van der Waals surface area contributed by atoms with Gasteiger partial charge in [-0.2, -0.15) is 0 Å². The van der Waals surface area contributed by atoms with E-state index in [1.807, 2.05) is 32.0 Å². The van der Waals surface area contributed by atoms with Gasteiger partial charge in [0, 0.05) is 5.56 Å². The lowest BCUT2D eigenvalue weighted by atomic mass is 9.91. The Balaban J connectivity index is 1.60. The van der Waals surface area contributed by atoms with Gasteiger partial charge < -0.3 is 14.8 Å². The second-order valence-electron chi connectivity index (χ2n) is 7.93. The molecule has 1 saturated heterocycles. The summed E-state index contributed by atoms with van der Waals surface area (Å²) in [6.07, 6.45) is 1.50. The van der Waals surface area contributed by atoms with Crippen LogP contribution < -0.4 is 14.8 Å². The van der Waals surface area contributed by atoms with Crippen LogP contribution in [0.25, 0.3) is 0 Å². The number of aryl methyl sites for hydroxylation is 2. The molecule has 0 bridgehead atoms. The number of imide groups is 1. The Morgan fingerprint density at radius 1 is 1.03 bits per heavy atom. The summed E-state index contributed by atoms with van der Waals surface area (Å²) in [5.74, 6) is 0.421. The first-order valence-electron chi connectivity index (χ1n) is 10.6. The standard InChI is InChI=1S/C24H26N2O5/c1-4-15-6-7-16(5-2)18(12-15)19(27)14-26-22(28)24(3,25-23(26)29)17-8-9-20-21(13-17)31-11-10-30-20/h6-9,12-13H,4-5,10-11,14H2,1-3H3,(H,25,29)/t24-/m1/s1. The minimum atomic E-state index is -1.29. The molecule has 0 radical (unpaired) electrons. The minimum Gasteiger partial charge on any atom is -0.486 e. The Kier molecular flexibility index (Phi) is 5.43. The minimum absolute atomic E-state index is 0.248. The topological polar surface area (TPSA) is 84.9 Å². The van der Waals surface area contributed by atoms with Crippen LogP contribution >= 0.6 is 0 Å². The summed E-state index contributed by atoms with van der Waals surface area (Å²) in [6, 6.07) is 10.4. The fraction of sp³-hybridized carbons (Fsp3) is 0.375. The number of urea groups is 1. The van der Waals surface area contributed by atoms with Gasteiger partial charge in [-0.3, -0.25) is 14.5 Å². The van der Waals surface area contributed by atoms with Crippen molar-refractivity contribution in [1.82, 2.24) is 10.2 Å². The normalized spacial score (nSPS) is 20.0. The molecule has 1 fully saturated rings. The maximum Gasteiger partial charge on any atom is 0.325 e. The summed E-state index contributed by atoms with van der Waals surface area (Å²) in [7, 11) is 0. The van der Waals surface area contributed by atoms with E-state index in [2.05, 4.69) is 5.32 Å². The van der Waals surface area contributed by atoms with Crippen LogP contribution in [0.1, 0.15) is 47.8 Å². The number of amides is 3. The average molecular weight is 422 g/mol. The number of fused-ring (bicyclic) bond motifs is 1. The number of Topliss-reactive ketones (excluding diaryl/α,β-unsaturated/α-hetero) is 1. The van der Waals surface area contributed by atoms with Crippen LogP contribution in [0.4, 0.5) is 4.79 Å². The highest BCUT2D eigenvalue weighted by molar-refractivity contribution is 6.11. The van der Waals surface area contributed by atoms with Crippen molar-refractivity contribution in [3.63, 3.8) is 0 Å². The van der Waals surface area contributed by atoms with Gasteiger partial charge in [-0.15, -0.1) is 0 Å². The molecule has 31 heavy (non-hydrogen) atoms. The fourth-order valence-electron chi connectivity index (χ4n) is 4.03. The lowest BCUT2D eigenvalue weighted by Gasteiger charge is -2.25. The van der Waals surface area contributed by atoms with Crippen molar-refractivity contribution < 1.29 is 23.9 Å². The summed E-state index contributed by atoms with van der Waals surface area (Å²) in [6.45, 7) is 6.22. The van der Waals surface area contributed by atoms with Crippen LogP contribution in [0.3, 0.4) is 0 Å². The molecule has 2 aliphatic heterocycles. The lowest BCUT2D eigenvalue weighted by molar-refractivity contribution is -0.130. The number of nitrogens with one attached hydrogen (secondary N) is 1. The van der Waals surface area contributed by atoms with Crippen molar-refractivity contribution in [2.45, 2.75) is 39.2 Å². The summed E-state index contributed by atoms with van der Waals surface area (Å²) < 4.78 is 11.1. The molecule has 0 unspecified atom stereocenters. The Morgan fingerprint density at radius 2 is 1.77 bits per heavy atom. The van der Waals surface area contributed by atoms with Crippen molar-refractivity contribution in [2.75, 3.05) is 19.8 Å². The van der Waals surface area contributed by atoms with E-state index < -0.39 is 17.5 Å². The van der Waals surface area contributed by atoms with Crippen molar-refractivity contribution in [1.29, 1.82) is 0 Å². The molecule has 2 aromatic carbocycles. The number of nitrogens with zero attached hydrogens (tertiary/aromatic N) is 1. The van der Waals surface area contributed by atoms with Crippen LogP contribution in [-0.4, -0.2) is 42.4 Å². The van der Waals surface area contributed by atoms with Gasteiger partial charge in [0.05, 0.1) is 6.54 Å². The third kappa shape index (κ3) is 3.65. The van der Waals surface area contributed by atoms with Crippen LogP contribution in [0.5, 0.6) is 11.5 Å². The van der Waals surface area contributed by atoms with Crippen LogP contribution in [0.2, 0.25) is 0 Å². The second kappa shape index (κ2) is 8.06. The van der Waals surface area contributed by atoms with Gasteiger partial charge in [0.1, 0.15) is 18.8 Å².